The minimum atomic E-state index is -0.263. The van der Waals surface area contributed by atoms with Crippen LogP contribution in [0.25, 0.3) is 0 Å². The van der Waals surface area contributed by atoms with Gasteiger partial charge in [-0.15, -0.1) is 0 Å². The molecule has 2 unspecified atom stereocenters. The zero-order valence-corrected chi connectivity index (χ0v) is 16.3. The highest BCUT2D eigenvalue weighted by molar-refractivity contribution is 9.10. The van der Waals surface area contributed by atoms with E-state index < -0.39 is 0 Å². The molecule has 1 aliphatic rings. The zero-order valence-electron chi connectivity index (χ0n) is 14.7. The Morgan fingerprint density at radius 3 is 2.23 bits per heavy atom. The van der Waals surface area contributed by atoms with Gasteiger partial charge in [0.2, 0.25) is 0 Å². The number of anilines is 1. The topological polar surface area (TPSA) is 58.6 Å². The van der Waals surface area contributed by atoms with Crippen LogP contribution in [0.5, 0.6) is 0 Å². The lowest BCUT2D eigenvalue weighted by Crippen LogP contribution is -2.48. The molecule has 0 spiro atoms. The molecule has 1 aliphatic heterocycles. The monoisotopic (exact) mass is 416 g/mol. The number of carbonyl (C=O) groups excluding carboxylic acids is 2. The van der Waals surface area contributed by atoms with Crippen LogP contribution in [-0.2, 0) is 4.74 Å². The van der Waals surface area contributed by atoms with Gasteiger partial charge >= 0.3 is 0 Å². The Morgan fingerprint density at radius 1 is 1.00 bits per heavy atom. The number of halogens is 1. The number of hydrogen-bond donors (Lipinski definition) is 1. The summed E-state index contributed by atoms with van der Waals surface area (Å²) >= 11 is 3.38. The highest BCUT2D eigenvalue weighted by Crippen LogP contribution is 2.23. The average Bonchev–Trinajstić information content (AvgIpc) is 2.61. The second-order valence-electron chi connectivity index (χ2n) is 6.45. The molecule has 1 N–H and O–H groups in total. The number of rotatable bonds is 3. The molecular formula is C20H21BrN2O3. The van der Waals surface area contributed by atoms with Crippen molar-refractivity contribution in [2.24, 2.45) is 0 Å². The Hall–Kier alpha value is -2.18. The smallest absolute Gasteiger partial charge is 0.256 e. The lowest BCUT2D eigenvalue weighted by atomic mass is 10.1. The van der Waals surface area contributed by atoms with E-state index in [0.717, 1.165) is 0 Å². The molecular weight excluding hydrogens is 396 g/mol. The van der Waals surface area contributed by atoms with Crippen molar-refractivity contribution < 1.29 is 14.3 Å². The van der Waals surface area contributed by atoms with E-state index in [2.05, 4.69) is 21.2 Å². The highest BCUT2D eigenvalue weighted by atomic mass is 79.9. The summed E-state index contributed by atoms with van der Waals surface area (Å²) in [5.74, 6) is -0.364. The molecule has 2 amide bonds. The molecule has 2 aromatic carbocycles. The number of carbonyl (C=O) groups is 2. The fourth-order valence-electron chi connectivity index (χ4n) is 3.13. The summed E-state index contributed by atoms with van der Waals surface area (Å²) in [5.41, 5.74) is 1.50. The van der Waals surface area contributed by atoms with E-state index in [4.69, 9.17) is 4.74 Å². The van der Waals surface area contributed by atoms with Crippen molar-refractivity contribution >= 4 is 33.4 Å². The van der Waals surface area contributed by atoms with Crippen molar-refractivity contribution in [1.82, 2.24) is 4.90 Å². The average molecular weight is 417 g/mol. The van der Waals surface area contributed by atoms with Crippen LogP contribution < -0.4 is 5.32 Å². The number of benzene rings is 2. The Kier molecular flexibility index (Phi) is 5.74. The van der Waals surface area contributed by atoms with E-state index in [1.54, 1.807) is 41.3 Å². The van der Waals surface area contributed by atoms with Crippen LogP contribution in [0.1, 0.15) is 34.6 Å². The maximum Gasteiger partial charge on any atom is 0.256 e. The first kappa shape index (κ1) is 18.6. The van der Waals surface area contributed by atoms with Gasteiger partial charge in [0.1, 0.15) is 0 Å². The van der Waals surface area contributed by atoms with E-state index in [1.807, 2.05) is 26.0 Å². The van der Waals surface area contributed by atoms with Gasteiger partial charge in [-0.25, -0.2) is 0 Å². The van der Waals surface area contributed by atoms with E-state index in [0.29, 0.717) is 34.4 Å². The molecule has 0 bridgehead atoms. The van der Waals surface area contributed by atoms with Crippen molar-refractivity contribution in [3.05, 3.63) is 64.1 Å². The van der Waals surface area contributed by atoms with Crippen LogP contribution in [0.3, 0.4) is 0 Å². The number of ether oxygens (including phenoxy) is 1. The van der Waals surface area contributed by atoms with Gasteiger partial charge in [0.15, 0.2) is 0 Å². The molecule has 0 saturated carbocycles. The second kappa shape index (κ2) is 8.01. The fraction of sp³-hybridized carbons (Fsp3) is 0.300. The number of nitrogens with zero attached hydrogens (tertiary/aromatic N) is 1. The van der Waals surface area contributed by atoms with E-state index in [1.165, 1.54) is 0 Å². The molecule has 1 heterocycles. The lowest BCUT2D eigenvalue weighted by Gasteiger charge is -2.35. The second-order valence-corrected chi connectivity index (χ2v) is 7.30. The highest BCUT2D eigenvalue weighted by Gasteiger charge is 2.28. The largest absolute Gasteiger partial charge is 0.372 e. The number of morpholine rings is 1. The first-order valence-electron chi connectivity index (χ1n) is 8.55. The molecule has 136 valence electrons. The fourth-order valence-corrected chi connectivity index (χ4v) is 3.59. The predicted molar refractivity (Wildman–Crippen MR) is 104 cm³/mol. The zero-order chi connectivity index (χ0) is 18.7. The van der Waals surface area contributed by atoms with Crippen molar-refractivity contribution in [3.8, 4) is 0 Å². The molecule has 1 saturated heterocycles. The molecule has 5 nitrogen and oxygen atoms in total. The molecule has 3 rings (SSSR count). The van der Waals surface area contributed by atoms with E-state index in [-0.39, 0.29) is 24.0 Å². The van der Waals surface area contributed by atoms with Crippen LogP contribution in [0.4, 0.5) is 5.69 Å². The summed E-state index contributed by atoms with van der Waals surface area (Å²) in [7, 11) is 0. The summed E-state index contributed by atoms with van der Waals surface area (Å²) in [4.78, 5) is 27.4. The van der Waals surface area contributed by atoms with Crippen molar-refractivity contribution in [2.45, 2.75) is 26.1 Å². The third-order valence-electron chi connectivity index (χ3n) is 4.23. The normalized spacial score (nSPS) is 19.9. The Morgan fingerprint density at radius 2 is 1.58 bits per heavy atom. The van der Waals surface area contributed by atoms with Gasteiger partial charge in [0.05, 0.1) is 29.0 Å². The first-order valence-corrected chi connectivity index (χ1v) is 9.34. The third-order valence-corrected chi connectivity index (χ3v) is 4.92. The van der Waals surface area contributed by atoms with Gasteiger partial charge < -0.3 is 15.0 Å². The van der Waals surface area contributed by atoms with Crippen molar-refractivity contribution in [1.29, 1.82) is 0 Å². The molecule has 6 heteroatoms. The standard InChI is InChI=1S/C20H21BrN2O3/c1-13-11-23(12-14(2)26-13)20(25)16-8-4-6-10-18(16)22-19(24)15-7-3-5-9-17(15)21/h3-10,13-14H,11-12H2,1-2H3,(H,22,24). The van der Waals surface area contributed by atoms with Gasteiger partial charge in [-0.3, -0.25) is 9.59 Å². The van der Waals surface area contributed by atoms with Gasteiger partial charge in [-0.1, -0.05) is 24.3 Å². The van der Waals surface area contributed by atoms with Crippen LogP contribution in [0.2, 0.25) is 0 Å². The van der Waals surface area contributed by atoms with Crippen LogP contribution >= 0.6 is 15.9 Å². The number of para-hydroxylation sites is 1. The van der Waals surface area contributed by atoms with Gasteiger partial charge in [0.25, 0.3) is 11.8 Å². The molecule has 0 radical (unpaired) electrons. The van der Waals surface area contributed by atoms with Gasteiger partial charge in [-0.05, 0) is 54.0 Å². The molecule has 2 aromatic rings. The maximum absolute atomic E-state index is 13.0. The Labute approximate surface area is 161 Å². The summed E-state index contributed by atoms with van der Waals surface area (Å²) in [6.45, 7) is 4.98. The molecule has 0 aromatic heterocycles. The number of amides is 2. The predicted octanol–water partition coefficient (Wildman–Crippen LogP) is 3.95. The Bertz CT molecular complexity index is 814. The lowest BCUT2D eigenvalue weighted by molar-refractivity contribution is -0.0585. The minimum Gasteiger partial charge on any atom is -0.372 e. The molecule has 1 fully saturated rings. The van der Waals surface area contributed by atoms with Crippen molar-refractivity contribution in [2.75, 3.05) is 18.4 Å². The number of nitrogens with one attached hydrogen (secondary N) is 1. The molecule has 0 aliphatic carbocycles. The maximum atomic E-state index is 13.0. The Balaban J connectivity index is 1.83. The molecule has 2 atom stereocenters. The first-order chi connectivity index (χ1) is 12.5. The van der Waals surface area contributed by atoms with Crippen molar-refractivity contribution in [3.63, 3.8) is 0 Å². The van der Waals surface area contributed by atoms with Crippen LogP contribution in [0.15, 0.2) is 53.0 Å². The van der Waals surface area contributed by atoms with Gasteiger partial charge in [-0.2, -0.15) is 0 Å². The summed E-state index contributed by atoms with van der Waals surface area (Å²) in [5, 5.41) is 2.86. The van der Waals surface area contributed by atoms with Gasteiger partial charge in [0, 0.05) is 17.6 Å². The third kappa shape index (κ3) is 4.14. The molecule has 26 heavy (non-hydrogen) atoms. The summed E-state index contributed by atoms with van der Waals surface area (Å²) in [6, 6.07) is 14.3. The van der Waals surface area contributed by atoms with Crippen LogP contribution in [0, 0.1) is 0 Å². The minimum absolute atomic E-state index is 0.00951. The summed E-state index contributed by atoms with van der Waals surface area (Å²) < 4.78 is 6.41. The quantitative estimate of drug-likeness (QED) is 0.823. The van der Waals surface area contributed by atoms with Crippen LogP contribution in [-0.4, -0.2) is 42.0 Å². The number of hydrogen-bond acceptors (Lipinski definition) is 3. The SMILES string of the molecule is CC1CN(C(=O)c2ccccc2NC(=O)c2ccccc2Br)CC(C)O1. The van der Waals surface area contributed by atoms with E-state index in [9.17, 15) is 9.59 Å². The van der Waals surface area contributed by atoms with E-state index >= 15 is 0 Å². The summed E-state index contributed by atoms with van der Waals surface area (Å²) in [6.07, 6.45) is -0.0190.